The largest absolute Gasteiger partial charge is 0.389 e. The van der Waals surface area contributed by atoms with Gasteiger partial charge < -0.3 is 10.4 Å². The van der Waals surface area contributed by atoms with E-state index in [2.05, 4.69) is 5.32 Å². The molecule has 0 unspecified atom stereocenters. The van der Waals surface area contributed by atoms with E-state index in [1.807, 2.05) is 43.3 Å². The minimum Gasteiger partial charge on any atom is -0.389 e. The standard InChI is InChI=1S/C16H17NO2/c1-11-6-3-4-9-15(11)16(19)17-14-8-5-7-13(10-14)12(2)18/h3-10,12,18H,1-2H3,(H,17,19)/t12-/m0/s1. The smallest absolute Gasteiger partial charge is 0.255 e. The van der Waals surface area contributed by atoms with Crippen LogP contribution >= 0.6 is 0 Å². The third-order valence-electron chi connectivity index (χ3n) is 3.02. The van der Waals surface area contributed by atoms with Crippen molar-refractivity contribution < 1.29 is 9.90 Å². The Morgan fingerprint density at radius 1 is 1.16 bits per heavy atom. The summed E-state index contributed by atoms with van der Waals surface area (Å²) < 4.78 is 0. The molecule has 0 saturated carbocycles. The van der Waals surface area contributed by atoms with Crippen LogP contribution in [-0.2, 0) is 0 Å². The maximum Gasteiger partial charge on any atom is 0.255 e. The summed E-state index contributed by atoms with van der Waals surface area (Å²) in [5, 5.41) is 12.4. The topological polar surface area (TPSA) is 49.3 Å². The molecule has 19 heavy (non-hydrogen) atoms. The molecule has 2 rings (SSSR count). The van der Waals surface area contributed by atoms with E-state index in [1.165, 1.54) is 0 Å². The predicted molar refractivity (Wildman–Crippen MR) is 76.2 cm³/mol. The van der Waals surface area contributed by atoms with Crippen LogP contribution in [0.3, 0.4) is 0 Å². The lowest BCUT2D eigenvalue weighted by Crippen LogP contribution is -2.13. The van der Waals surface area contributed by atoms with Gasteiger partial charge in [-0.2, -0.15) is 0 Å². The summed E-state index contributed by atoms with van der Waals surface area (Å²) in [6, 6.07) is 14.7. The van der Waals surface area contributed by atoms with Crippen LogP contribution in [0.4, 0.5) is 5.69 Å². The van der Waals surface area contributed by atoms with Crippen LogP contribution in [0.1, 0.15) is 34.5 Å². The van der Waals surface area contributed by atoms with Crippen LogP contribution in [0, 0.1) is 6.92 Å². The summed E-state index contributed by atoms with van der Waals surface area (Å²) in [4.78, 5) is 12.1. The Morgan fingerprint density at radius 3 is 2.58 bits per heavy atom. The summed E-state index contributed by atoms with van der Waals surface area (Å²) in [6.45, 7) is 3.60. The first kappa shape index (κ1) is 13.3. The SMILES string of the molecule is Cc1ccccc1C(=O)Nc1cccc([C@H](C)O)c1. The number of nitrogens with one attached hydrogen (secondary N) is 1. The van der Waals surface area contributed by atoms with E-state index >= 15 is 0 Å². The lowest BCUT2D eigenvalue weighted by atomic mass is 10.1. The van der Waals surface area contributed by atoms with Crippen LogP contribution in [0.5, 0.6) is 0 Å². The fourth-order valence-electron chi connectivity index (χ4n) is 1.90. The predicted octanol–water partition coefficient (Wildman–Crippen LogP) is 3.30. The molecule has 2 N–H and O–H groups in total. The van der Waals surface area contributed by atoms with E-state index in [9.17, 15) is 9.90 Å². The van der Waals surface area contributed by atoms with Crippen molar-refractivity contribution in [3.63, 3.8) is 0 Å². The zero-order valence-electron chi connectivity index (χ0n) is 11.1. The van der Waals surface area contributed by atoms with Crippen molar-refractivity contribution in [2.24, 2.45) is 0 Å². The van der Waals surface area contributed by atoms with Crippen LogP contribution in [0.15, 0.2) is 48.5 Å². The number of carbonyl (C=O) groups is 1. The number of anilines is 1. The van der Waals surface area contributed by atoms with E-state index < -0.39 is 6.10 Å². The molecule has 98 valence electrons. The molecule has 1 atom stereocenters. The summed E-state index contributed by atoms with van der Waals surface area (Å²) in [7, 11) is 0. The van der Waals surface area contributed by atoms with Crippen molar-refractivity contribution in [2.75, 3.05) is 5.32 Å². The quantitative estimate of drug-likeness (QED) is 0.884. The van der Waals surface area contributed by atoms with E-state index in [1.54, 1.807) is 19.1 Å². The molecule has 2 aromatic rings. The molecule has 0 spiro atoms. The molecule has 1 amide bonds. The Bertz CT molecular complexity index is 591. The maximum absolute atomic E-state index is 12.1. The van der Waals surface area contributed by atoms with Gasteiger partial charge in [0.05, 0.1) is 6.10 Å². The highest BCUT2D eigenvalue weighted by atomic mass is 16.3. The fourth-order valence-corrected chi connectivity index (χ4v) is 1.90. The molecule has 0 radical (unpaired) electrons. The Hall–Kier alpha value is -2.13. The summed E-state index contributed by atoms with van der Waals surface area (Å²) >= 11 is 0. The Balaban J connectivity index is 2.20. The number of carbonyl (C=O) groups excluding carboxylic acids is 1. The molecule has 0 aromatic heterocycles. The van der Waals surface area contributed by atoms with Crippen molar-refractivity contribution in [3.05, 3.63) is 65.2 Å². The fraction of sp³-hybridized carbons (Fsp3) is 0.188. The average molecular weight is 255 g/mol. The Labute approximate surface area is 112 Å². The highest BCUT2D eigenvalue weighted by Crippen LogP contribution is 2.18. The van der Waals surface area contributed by atoms with Gasteiger partial charge in [-0.05, 0) is 43.2 Å². The average Bonchev–Trinajstić information content (AvgIpc) is 2.39. The number of aliphatic hydroxyl groups is 1. The normalized spacial score (nSPS) is 11.9. The molecule has 0 heterocycles. The number of aryl methyl sites for hydroxylation is 1. The van der Waals surface area contributed by atoms with Gasteiger partial charge in [0.25, 0.3) is 5.91 Å². The van der Waals surface area contributed by atoms with Crippen molar-refractivity contribution in [2.45, 2.75) is 20.0 Å². The van der Waals surface area contributed by atoms with Gasteiger partial charge in [-0.15, -0.1) is 0 Å². The Kier molecular flexibility index (Phi) is 3.97. The number of rotatable bonds is 3. The van der Waals surface area contributed by atoms with Crippen molar-refractivity contribution >= 4 is 11.6 Å². The second-order valence-corrected chi connectivity index (χ2v) is 4.57. The third-order valence-corrected chi connectivity index (χ3v) is 3.02. The van der Waals surface area contributed by atoms with Crippen molar-refractivity contribution in [1.29, 1.82) is 0 Å². The first-order valence-corrected chi connectivity index (χ1v) is 6.23. The molecule has 0 aliphatic heterocycles. The number of aliphatic hydroxyl groups excluding tert-OH is 1. The van der Waals surface area contributed by atoms with Crippen LogP contribution < -0.4 is 5.32 Å². The van der Waals surface area contributed by atoms with E-state index in [0.29, 0.717) is 11.3 Å². The van der Waals surface area contributed by atoms with Crippen LogP contribution in [0.2, 0.25) is 0 Å². The molecule has 0 bridgehead atoms. The molecule has 0 aliphatic rings. The highest BCUT2D eigenvalue weighted by Gasteiger charge is 2.09. The van der Waals surface area contributed by atoms with Crippen molar-refractivity contribution in [3.8, 4) is 0 Å². The van der Waals surface area contributed by atoms with Crippen LogP contribution in [0.25, 0.3) is 0 Å². The van der Waals surface area contributed by atoms with E-state index in [-0.39, 0.29) is 5.91 Å². The molecule has 3 nitrogen and oxygen atoms in total. The molecule has 0 fully saturated rings. The third kappa shape index (κ3) is 3.20. The number of benzene rings is 2. The molecular formula is C16H17NO2. The van der Waals surface area contributed by atoms with Gasteiger partial charge in [0, 0.05) is 11.3 Å². The molecular weight excluding hydrogens is 238 g/mol. The van der Waals surface area contributed by atoms with Gasteiger partial charge in [0.2, 0.25) is 0 Å². The molecule has 3 heteroatoms. The molecule has 0 aliphatic carbocycles. The summed E-state index contributed by atoms with van der Waals surface area (Å²) in [6.07, 6.45) is -0.546. The summed E-state index contributed by atoms with van der Waals surface area (Å²) in [5.74, 6) is -0.138. The number of hydrogen-bond acceptors (Lipinski definition) is 2. The first-order valence-electron chi connectivity index (χ1n) is 6.23. The maximum atomic E-state index is 12.1. The second-order valence-electron chi connectivity index (χ2n) is 4.57. The van der Waals surface area contributed by atoms with E-state index in [0.717, 1.165) is 11.1 Å². The van der Waals surface area contributed by atoms with Gasteiger partial charge in [-0.25, -0.2) is 0 Å². The zero-order valence-corrected chi connectivity index (χ0v) is 11.1. The first-order chi connectivity index (χ1) is 9.08. The van der Waals surface area contributed by atoms with Gasteiger partial charge in [-0.1, -0.05) is 30.3 Å². The number of amides is 1. The number of hydrogen-bond donors (Lipinski definition) is 2. The Morgan fingerprint density at radius 2 is 1.89 bits per heavy atom. The van der Waals surface area contributed by atoms with Crippen LogP contribution in [-0.4, -0.2) is 11.0 Å². The van der Waals surface area contributed by atoms with Gasteiger partial charge in [0.15, 0.2) is 0 Å². The van der Waals surface area contributed by atoms with E-state index in [4.69, 9.17) is 0 Å². The molecule has 0 saturated heterocycles. The van der Waals surface area contributed by atoms with Gasteiger partial charge >= 0.3 is 0 Å². The summed E-state index contributed by atoms with van der Waals surface area (Å²) in [5.41, 5.74) is 3.06. The minimum atomic E-state index is -0.546. The lowest BCUT2D eigenvalue weighted by molar-refractivity contribution is 0.102. The van der Waals surface area contributed by atoms with Gasteiger partial charge in [-0.3, -0.25) is 4.79 Å². The second kappa shape index (κ2) is 5.67. The van der Waals surface area contributed by atoms with Gasteiger partial charge in [0.1, 0.15) is 0 Å². The highest BCUT2D eigenvalue weighted by molar-refractivity contribution is 6.05. The lowest BCUT2D eigenvalue weighted by Gasteiger charge is -2.10. The minimum absolute atomic E-state index is 0.138. The molecule has 2 aromatic carbocycles. The monoisotopic (exact) mass is 255 g/mol. The van der Waals surface area contributed by atoms with Crippen molar-refractivity contribution in [1.82, 2.24) is 0 Å². The zero-order chi connectivity index (χ0) is 13.8.